The molecular formula is C13H21NO. The summed E-state index contributed by atoms with van der Waals surface area (Å²) in [6.45, 7) is 9.70. The normalized spacial score (nSPS) is 9.47. The summed E-state index contributed by atoms with van der Waals surface area (Å²) in [6, 6.07) is 5.41. The fourth-order valence-electron chi connectivity index (χ4n) is 1.16. The van der Waals surface area contributed by atoms with Gasteiger partial charge in [0.05, 0.1) is 0 Å². The first-order valence-electron chi connectivity index (χ1n) is 5.42. The maximum Gasteiger partial charge on any atom is 0.165 e. The van der Waals surface area contributed by atoms with Crippen LogP contribution in [-0.2, 0) is 0 Å². The van der Waals surface area contributed by atoms with Crippen LogP contribution in [0.5, 0.6) is 0 Å². The Kier molecular flexibility index (Phi) is 5.68. The van der Waals surface area contributed by atoms with E-state index in [-0.39, 0.29) is 11.7 Å². The fourth-order valence-corrected chi connectivity index (χ4v) is 1.16. The number of carbonyl (C=O) groups excluding carboxylic acids is 1. The molecule has 84 valence electrons. The molecule has 0 unspecified atom stereocenters. The second kappa shape index (κ2) is 6.23. The molecule has 15 heavy (non-hydrogen) atoms. The third-order valence-corrected chi connectivity index (χ3v) is 2.08. The minimum absolute atomic E-state index is 0.0445. The Hall–Kier alpha value is -1.31. The first-order valence-corrected chi connectivity index (χ1v) is 5.42. The second-order valence-electron chi connectivity index (χ2n) is 3.59. The summed E-state index contributed by atoms with van der Waals surface area (Å²) >= 11 is 0. The van der Waals surface area contributed by atoms with E-state index in [0.717, 1.165) is 16.8 Å². The van der Waals surface area contributed by atoms with Gasteiger partial charge in [0.15, 0.2) is 5.78 Å². The molecule has 1 aromatic rings. The van der Waals surface area contributed by atoms with Crippen LogP contribution in [0.3, 0.4) is 0 Å². The maximum absolute atomic E-state index is 11.6. The highest BCUT2D eigenvalue weighted by Crippen LogP contribution is 2.15. The van der Waals surface area contributed by atoms with Crippen LogP contribution >= 0.6 is 0 Å². The predicted molar refractivity (Wildman–Crippen MR) is 66.1 cm³/mol. The number of rotatable bonds is 2. The molecule has 0 saturated carbocycles. The third-order valence-electron chi connectivity index (χ3n) is 2.08. The van der Waals surface area contributed by atoms with Gasteiger partial charge in [-0.25, -0.2) is 0 Å². The van der Waals surface area contributed by atoms with Crippen molar-refractivity contribution in [1.29, 1.82) is 0 Å². The molecule has 0 heterocycles. The molecule has 0 aliphatic rings. The Bertz CT molecular complexity index is 329. The third kappa shape index (κ3) is 3.74. The lowest BCUT2D eigenvalue weighted by Gasteiger charge is -2.06. The number of nitrogens with two attached hydrogens (primary N) is 1. The van der Waals surface area contributed by atoms with Crippen LogP contribution in [0, 0.1) is 12.8 Å². The van der Waals surface area contributed by atoms with Gasteiger partial charge in [0.1, 0.15) is 0 Å². The number of benzene rings is 1. The standard InChI is InChI=1S/C11H15NO.C2H6/c1-7(2)11(13)9-4-5-10(12)8(3)6-9;1-2/h4-7H,12H2,1-3H3;1-2H3. The molecule has 0 bridgehead atoms. The first-order chi connectivity index (χ1) is 7.02. The zero-order valence-electron chi connectivity index (χ0n) is 10.3. The van der Waals surface area contributed by atoms with Crippen molar-refractivity contribution in [3.05, 3.63) is 29.3 Å². The topological polar surface area (TPSA) is 43.1 Å². The summed E-state index contributed by atoms with van der Waals surface area (Å²) in [7, 11) is 0. The van der Waals surface area contributed by atoms with Crippen molar-refractivity contribution in [2.75, 3.05) is 5.73 Å². The molecule has 2 nitrogen and oxygen atoms in total. The van der Waals surface area contributed by atoms with Gasteiger partial charge in [-0.2, -0.15) is 0 Å². The summed E-state index contributed by atoms with van der Waals surface area (Å²) in [5.41, 5.74) is 8.11. The van der Waals surface area contributed by atoms with Crippen molar-refractivity contribution < 1.29 is 4.79 Å². The number of aryl methyl sites for hydroxylation is 1. The lowest BCUT2D eigenvalue weighted by molar-refractivity contribution is 0.0939. The number of ketones is 1. The molecule has 1 aromatic carbocycles. The van der Waals surface area contributed by atoms with Crippen molar-refractivity contribution in [3.63, 3.8) is 0 Å². The average molecular weight is 207 g/mol. The lowest BCUT2D eigenvalue weighted by Crippen LogP contribution is -2.07. The quantitative estimate of drug-likeness (QED) is 0.596. The van der Waals surface area contributed by atoms with Crippen molar-refractivity contribution in [2.24, 2.45) is 5.92 Å². The van der Waals surface area contributed by atoms with Crippen LogP contribution in [-0.4, -0.2) is 5.78 Å². The summed E-state index contributed by atoms with van der Waals surface area (Å²) < 4.78 is 0. The van der Waals surface area contributed by atoms with Crippen LogP contribution in [0.2, 0.25) is 0 Å². The smallest absolute Gasteiger partial charge is 0.165 e. The van der Waals surface area contributed by atoms with Crippen molar-refractivity contribution >= 4 is 11.5 Å². The predicted octanol–water partition coefficient (Wildman–Crippen LogP) is 3.44. The minimum Gasteiger partial charge on any atom is -0.399 e. The molecule has 2 N–H and O–H groups in total. The van der Waals surface area contributed by atoms with E-state index in [1.807, 2.05) is 40.7 Å². The summed E-state index contributed by atoms with van der Waals surface area (Å²) in [5.74, 6) is 0.214. The molecule has 2 heteroatoms. The van der Waals surface area contributed by atoms with Crippen LogP contribution in [0.4, 0.5) is 5.69 Å². The van der Waals surface area contributed by atoms with Crippen molar-refractivity contribution in [2.45, 2.75) is 34.6 Å². The highest BCUT2D eigenvalue weighted by Gasteiger charge is 2.10. The van der Waals surface area contributed by atoms with Gasteiger partial charge in [-0.3, -0.25) is 4.79 Å². The highest BCUT2D eigenvalue weighted by molar-refractivity contribution is 5.97. The van der Waals surface area contributed by atoms with E-state index in [2.05, 4.69) is 0 Å². The van der Waals surface area contributed by atoms with E-state index >= 15 is 0 Å². The van der Waals surface area contributed by atoms with Gasteiger partial charge >= 0.3 is 0 Å². The van der Waals surface area contributed by atoms with E-state index in [1.54, 1.807) is 12.1 Å². The van der Waals surface area contributed by atoms with Gasteiger partial charge in [-0.05, 0) is 30.7 Å². The number of Topliss-reactive ketones (excluding diaryl/α,β-unsaturated/α-hetero) is 1. The lowest BCUT2D eigenvalue weighted by atomic mass is 9.99. The van der Waals surface area contributed by atoms with Gasteiger partial charge in [0.25, 0.3) is 0 Å². The minimum atomic E-state index is 0.0445. The Labute approximate surface area is 92.5 Å². The Morgan fingerprint density at radius 1 is 1.27 bits per heavy atom. The molecule has 0 radical (unpaired) electrons. The molecule has 0 aromatic heterocycles. The molecule has 0 atom stereocenters. The molecule has 0 amide bonds. The molecule has 0 fully saturated rings. The van der Waals surface area contributed by atoms with Crippen LogP contribution in [0.25, 0.3) is 0 Å². The highest BCUT2D eigenvalue weighted by atomic mass is 16.1. The number of hydrogen-bond acceptors (Lipinski definition) is 2. The van der Waals surface area contributed by atoms with Gasteiger partial charge in [0, 0.05) is 17.2 Å². The first kappa shape index (κ1) is 13.7. The zero-order chi connectivity index (χ0) is 12.0. The average Bonchev–Trinajstić information content (AvgIpc) is 2.24. The zero-order valence-corrected chi connectivity index (χ0v) is 10.3. The Morgan fingerprint density at radius 2 is 1.80 bits per heavy atom. The molecule has 0 aliphatic carbocycles. The van der Waals surface area contributed by atoms with Gasteiger partial charge in [0.2, 0.25) is 0 Å². The largest absolute Gasteiger partial charge is 0.399 e. The number of hydrogen-bond donors (Lipinski definition) is 1. The van der Waals surface area contributed by atoms with E-state index in [0.29, 0.717) is 0 Å². The number of nitrogen functional groups attached to an aromatic ring is 1. The van der Waals surface area contributed by atoms with Crippen LogP contribution in [0.1, 0.15) is 43.6 Å². The summed E-state index contributed by atoms with van der Waals surface area (Å²) in [6.07, 6.45) is 0. The second-order valence-corrected chi connectivity index (χ2v) is 3.59. The maximum atomic E-state index is 11.6. The molecular weight excluding hydrogens is 186 g/mol. The van der Waals surface area contributed by atoms with E-state index in [9.17, 15) is 4.79 Å². The fraction of sp³-hybridized carbons (Fsp3) is 0.462. The van der Waals surface area contributed by atoms with Crippen molar-refractivity contribution in [1.82, 2.24) is 0 Å². The van der Waals surface area contributed by atoms with Gasteiger partial charge in [-0.15, -0.1) is 0 Å². The van der Waals surface area contributed by atoms with Gasteiger partial charge < -0.3 is 5.73 Å². The van der Waals surface area contributed by atoms with E-state index in [1.165, 1.54) is 0 Å². The van der Waals surface area contributed by atoms with Crippen LogP contribution in [0.15, 0.2) is 18.2 Å². The Balaban J connectivity index is 0.000000921. The monoisotopic (exact) mass is 207 g/mol. The van der Waals surface area contributed by atoms with E-state index < -0.39 is 0 Å². The summed E-state index contributed by atoms with van der Waals surface area (Å²) in [5, 5.41) is 0. The molecule has 0 spiro atoms. The van der Waals surface area contributed by atoms with Crippen LogP contribution < -0.4 is 5.73 Å². The van der Waals surface area contributed by atoms with E-state index in [4.69, 9.17) is 5.73 Å². The Morgan fingerprint density at radius 3 is 2.20 bits per heavy atom. The SMILES string of the molecule is CC.Cc1cc(C(=O)C(C)C)ccc1N. The van der Waals surface area contributed by atoms with Crippen molar-refractivity contribution in [3.8, 4) is 0 Å². The molecule has 0 aliphatic heterocycles. The molecule has 1 rings (SSSR count). The molecule has 0 saturated heterocycles. The van der Waals surface area contributed by atoms with Gasteiger partial charge in [-0.1, -0.05) is 27.7 Å². The number of anilines is 1. The summed E-state index contributed by atoms with van der Waals surface area (Å²) in [4.78, 5) is 11.6. The number of carbonyl (C=O) groups is 1.